The van der Waals surface area contributed by atoms with Crippen LogP contribution in [0.4, 0.5) is 27.4 Å². The molecule has 3 aromatic rings. The van der Waals surface area contributed by atoms with Gasteiger partial charge in [0.1, 0.15) is 17.1 Å². The molecule has 1 fully saturated rings. The molecule has 2 aromatic carbocycles. The van der Waals surface area contributed by atoms with Crippen molar-refractivity contribution in [2.75, 3.05) is 41.5 Å². The first-order chi connectivity index (χ1) is 16.4. The molecule has 1 atom stereocenters. The Bertz CT molecular complexity index is 1240. The van der Waals surface area contributed by atoms with E-state index in [0.29, 0.717) is 16.8 Å². The molecule has 0 aliphatic carbocycles. The third kappa shape index (κ3) is 4.22. The quantitative estimate of drug-likeness (QED) is 0.544. The highest BCUT2D eigenvalue weighted by molar-refractivity contribution is 6.34. The first-order valence-corrected chi connectivity index (χ1v) is 11.5. The van der Waals surface area contributed by atoms with E-state index < -0.39 is 11.7 Å². The fourth-order valence-corrected chi connectivity index (χ4v) is 4.63. The van der Waals surface area contributed by atoms with Crippen molar-refractivity contribution < 1.29 is 13.9 Å². The van der Waals surface area contributed by atoms with Gasteiger partial charge in [0.15, 0.2) is 6.73 Å². The SMILES string of the molecule is C[C@H]1CNCCN1c1ccc(Nc2ncc3c(n2)OCN(c2c(F)cccc2Cl)C3=O)cc1Cl. The Morgan fingerprint density at radius 2 is 2.09 bits per heavy atom. The van der Waals surface area contributed by atoms with Crippen molar-refractivity contribution in [2.45, 2.75) is 13.0 Å². The van der Waals surface area contributed by atoms with E-state index >= 15 is 0 Å². The monoisotopic (exact) mass is 502 g/mol. The van der Waals surface area contributed by atoms with Gasteiger partial charge in [-0.05, 0) is 37.3 Å². The molecule has 3 heterocycles. The minimum absolute atomic E-state index is 0.0458. The minimum Gasteiger partial charge on any atom is -0.455 e. The fourth-order valence-electron chi connectivity index (χ4n) is 4.07. The van der Waals surface area contributed by atoms with Crippen molar-refractivity contribution in [3.8, 4) is 5.88 Å². The molecule has 5 rings (SSSR count). The number of hydrogen-bond acceptors (Lipinski definition) is 7. The molecule has 2 aliphatic heterocycles. The number of rotatable bonds is 4. The van der Waals surface area contributed by atoms with Crippen molar-refractivity contribution in [1.29, 1.82) is 0 Å². The lowest BCUT2D eigenvalue weighted by molar-refractivity contribution is 0.0931. The first-order valence-electron chi connectivity index (χ1n) is 10.7. The highest BCUT2D eigenvalue weighted by Gasteiger charge is 2.31. The second kappa shape index (κ2) is 9.25. The van der Waals surface area contributed by atoms with E-state index in [9.17, 15) is 9.18 Å². The molecular formula is C23H21Cl2FN6O2. The van der Waals surface area contributed by atoms with Gasteiger partial charge in [-0.15, -0.1) is 0 Å². The van der Waals surface area contributed by atoms with Gasteiger partial charge in [-0.2, -0.15) is 4.98 Å². The van der Waals surface area contributed by atoms with Crippen LogP contribution in [0, 0.1) is 5.82 Å². The maximum atomic E-state index is 14.3. The summed E-state index contributed by atoms with van der Waals surface area (Å²) in [7, 11) is 0. The summed E-state index contributed by atoms with van der Waals surface area (Å²) in [5.41, 5.74) is 1.72. The van der Waals surface area contributed by atoms with Crippen LogP contribution >= 0.6 is 23.2 Å². The molecule has 0 saturated carbocycles. The Morgan fingerprint density at radius 3 is 2.85 bits per heavy atom. The number of hydrogen-bond donors (Lipinski definition) is 2. The molecule has 1 amide bonds. The van der Waals surface area contributed by atoms with E-state index in [2.05, 4.69) is 32.4 Å². The van der Waals surface area contributed by atoms with Crippen LogP contribution in [0.2, 0.25) is 10.0 Å². The molecule has 2 aliphatic rings. The fraction of sp³-hybridized carbons (Fsp3) is 0.261. The summed E-state index contributed by atoms with van der Waals surface area (Å²) in [6.45, 7) is 4.61. The van der Waals surface area contributed by atoms with Crippen LogP contribution in [0.1, 0.15) is 17.3 Å². The Labute approximate surface area is 205 Å². The van der Waals surface area contributed by atoms with Crippen LogP contribution in [0.3, 0.4) is 0 Å². The van der Waals surface area contributed by atoms with Gasteiger partial charge in [-0.1, -0.05) is 29.3 Å². The van der Waals surface area contributed by atoms with Crippen LogP contribution in [-0.4, -0.2) is 48.3 Å². The number of fused-ring (bicyclic) bond motifs is 1. The van der Waals surface area contributed by atoms with Crippen molar-refractivity contribution in [3.63, 3.8) is 0 Å². The van der Waals surface area contributed by atoms with Crippen molar-refractivity contribution in [1.82, 2.24) is 15.3 Å². The van der Waals surface area contributed by atoms with Gasteiger partial charge in [-0.3, -0.25) is 9.69 Å². The van der Waals surface area contributed by atoms with Crippen molar-refractivity contribution >= 4 is 52.1 Å². The van der Waals surface area contributed by atoms with E-state index in [1.54, 1.807) is 0 Å². The third-order valence-corrected chi connectivity index (χ3v) is 6.39. The molecule has 1 saturated heterocycles. The second-order valence-electron chi connectivity index (χ2n) is 8.03. The number of para-hydroxylation sites is 1. The van der Waals surface area contributed by atoms with Gasteiger partial charge in [0.05, 0.1) is 15.7 Å². The summed E-state index contributed by atoms with van der Waals surface area (Å²) in [4.78, 5) is 24.9. The number of nitrogens with one attached hydrogen (secondary N) is 2. The lowest BCUT2D eigenvalue weighted by Crippen LogP contribution is -2.50. The van der Waals surface area contributed by atoms with Crippen molar-refractivity contribution in [3.05, 3.63) is 64.0 Å². The minimum atomic E-state index is -0.623. The number of amides is 1. The predicted octanol–water partition coefficient (Wildman–Crippen LogP) is 4.46. The van der Waals surface area contributed by atoms with E-state index in [0.717, 1.165) is 30.2 Å². The summed E-state index contributed by atoms with van der Waals surface area (Å²) >= 11 is 12.7. The van der Waals surface area contributed by atoms with Crippen LogP contribution < -0.4 is 25.2 Å². The maximum absolute atomic E-state index is 14.3. The number of piperazine rings is 1. The zero-order valence-corrected chi connectivity index (χ0v) is 19.7. The Hall–Kier alpha value is -3.14. The van der Waals surface area contributed by atoms with E-state index in [-0.39, 0.29) is 34.8 Å². The molecule has 1 aromatic heterocycles. The largest absolute Gasteiger partial charge is 0.455 e. The number of ether oxygens (including phenoxy) is 1. The third-order valence-electron chi connectivity index (χ3n) is 5.78. The smallest absolute Gasteiger partial charge is 0.268 e. The Balaban J connectivity index is 1.35. The zero-order chi connectivity index (χ0) is 23.8. The number of aromatic nitrogens is 2. The number of halogens is 3. The van der Waals surface area contributed by atoms with Gasteiger partial charge in [0.2, 0.25) is 11.8 Å². The average molecular weight is 503 g/mol. The molecule has 11 heteroatoms. The average Bonchev–Trinajstić information content (AvgIpc) is 2.81. The molecule has 0 spiro atoms. The summed E-state index contributed by atoms with van der Waals surface area (Å²) in [6.07, 6.45) is 1.34. The second-order valence-corrected chi connectivity index (χ2v) is 8.84. The van der Waals surface area contributed by atoms with Gasteiger partial charge >= 0.3 is 0 Å². The highest BCUT2D eigenvalue weighted by Crippen LogP contribution is 2.35. The molecule has 176 valence electrons. The molecule has 0 radical (unpaired) electrons. The topological polar surface area (TPSA) is 82.6 Å². The number of anilines is 4. The van der Waals surface area contributed by atoms with E-state index in [1.165, 1.54) is 24.4 Å². The summed E-state index contributed by atoms with van der Waals surface area (Å²) < 4.78 is 19.9. The summed E-state index contributed by atoms with van der Waals surface area (Å²) in [5.74, 6) is -0.785. The van der Waals surface area contributed by atoms with Crippen LogP contribution in [0.5, 0.6) is 5.88 Å². The van der Waals surface area contributed by atoms with Crippen LogP contribution in [0.25, 0.3) is 0 Å². The normalized spacial score (nSPS) is 17.9. The standard InChI is InChI=1S/C23H21Cl2FN6O2/c1-13-10-27-7-8-31(13)19-6-5-14(9-17(19)25)29-23-28-11-15-21(30-23)34-12-32(22(15)33)20-16(24)3-2-4-18(20)26/h2-6,9,11,13,27H,7-8,10,12H2,1H3,(H,28,29,30)/t13-/m0/s1. The number of carbonyl (C=O) groups excluding carboxylic acids is 1. The van der Waals surface area contributed by atoms with E-state index in [1.807, 2.05) is 18.2 Å². The number of nitrogens with zero attached hydrogens (tertiary/aromatic N) is 4. The molecular weight excluding hydrogens is 482 g/mol. The van der Waals surface area contributed by atoms with Gasteiger partial charge in [0.25, 0.3) is 5.91 Å². The predicted molar refractivity (Wildman–Crippen MR) is 130 cm³/mol. The number of benzene rings is 2. The van der Waals surface area contributed by atoms with Gasteiger partial charge in [0, 0.05) is 37.6 Å². The Morgan fingerprint density at radius 1 is 1.24 bits per heavy atom. The lowest BCUT2D eigenvalue weighted by Gasteiger charge is -2.36. The van der Waals surface area contributed by atoms with Gasteiger partial charge in [-0.25, -0.2) is 9.37 Å². The summed E-state index contributed by atoms with van der Waals surface area (Å²) in [5, 5.41) is 7.17. The molecule has 8 nitrogen and oxygen atoms in total. The Kier molecular flexibility index (Phi) is 6.16. The number of carbonyl (C=O) groups is 1. The summed E-state index contributed by atoms with van der Waals surface area (Å²) in [6, 6.07) is 10.2. The maximum Gasteiger partial charge on any atom is 0.268 e. The zero-order valence-electron chi connectivity index (χ0n) is 18.2. The first kappa shape index (κ1) is 22.6. The molecule has 0 bridgehead atoms. The molecule has 0 unspecified atom stereocenters. The highest BCUT2D eigenvalue weighted by atomic mass is 35.5. The van der Waals surface area contributed by atoms with Gasteiger partial charge < -0.3 is 20.3 Å². The van der Waals surface area contributed by atoms with Crippen LogP contribution in [0.15, 0.2) is 42.6 Å². The van der Waals surface area contributed by atoms with E-state index in [4.69, 9.17) is 27.9 Å². The molecule has 2 N–H and O–H groups in total. The molecule has 34 heavy (non-hydrogen) atoms. The van der Waals surface area contributed by atoms with Crippen LogP contribution in [-0.2, 0) is 0 Å². The lowest BCUT2D eigenvalue weighted by atomic mass is 10.1. The van der Waals surface area contributed by atoms with Crippen molar-refractivity contribution in [2.24, 2.45) is 0 Å².